The largest absolute Gasteiger partial charge is 0.549 e. The van der Waals surface area contributed by atoms with Crippen molar-refractivity contribution in [2.75, 3.05) is 7.11 Å². The smallest absolute Gasteiger partial charge is 0.529 e. The highest BCUT2D eigenvalue weighted by Gasteiger charge is 2.64. The van der Waals surface area contributed by atoms with Crippen LogP contribution in [0, 0.1) is 0 Å². The molecule has 766 valence electrons. The van der Waals surface area contributed by atoms with Gasteiger partial charge in [0.25, 0.3) is 8.92 Å². The first-order valence-corrected chi connectivity index (χ1v) is 196. The molecule has 0 aromatic heterocycles. The molecular formula is C9H29F3O68Si68. The molecule has 0 aliphatic heterocycles. The van der Waals surface area contributed by atoms with E-state index in [1.54, 1.807) is 0 Å². The van der Waals surface area contributed by atoms with E-state index in [4.69, 9.17) is 30.5 Å². The molecule has 68 nitrogen and oxygen atoms in total. The molecule has 0 N–H and O–H groups in total. The summed E-state index contributed by atoms with van der Waals surface area (Å²) >= 11 is 0. The molecule has 2 unspecified atom stereocenters. The number of rotatable bonds is 69. The highest BCUT2D eigenvalue weighted by Crippen LogP contribution is 2.27. The highest BCUT2D eigenvalue weighted by molar-refractivity contribution is 7.88. The molecule has 0 spiro atoms. The summed E-state index contributed by atoms with van der Waals surface area (Å²) in [5.41, 5.74) is 0. The summed E-state index contributed by atoms with van der Waals surface area (Å²) in [6, 6.07) is -1.55. The fraction of sp³-hybridized carbons (Fsp3) is 1.00. The van der Waals surface area contributed by atoms with Crippen LogP contribution in [0.5, 0.6) is 0 Å². The third-order valence-corrected chi connectivity index (χ3v) is 517. The molecule has 0 saturated carbocycles. The molecule has 0 heterocycles. The van der Waals surface area contributed by atoms with Crippen molar-refractivity contribution < 1.29 is 316 Å². The topological polar surface area (TPSA) is 1140 Å². The number of alkyl halides is 3. The average molecular weight is 3190 g/mol. The number of hydrogen-bond acceptors (Lipinski definition) is 68. The molecule has 0 saturated heterocycles. The maximum Gasteiger partial charge on any atom is 0.549 e. The van der Waals surface area contributed by atoms with E-state index in [2.05, 4.69) is 4.43 Å². The Morgan fingerprint density at radius 2 is 0.358 bits per heavy atom. The molecule has 2 atom stereocenters. The van der Waals surface area contributed by atoms with Crippen LogP contribution in [0.15, 0.2) is 0 Å². The minimum atomic E-state index is -5.28. The van der Waals surface area contributed by atoms with Gasteiger partial charge in [0.05, 0.1) is 7.11 Å². The van der Waals surface area contributed by atoms with E-state index < -0.39 is 554 Å². The second kappa shape index (κ2) is 72.7. The van der Waals surface area contributed by atoms with Crippen molar-refractivity contribution in [3.63, 3.8) is 0 Å². The Morgan fingerprint density at radius 1 is 0.236 bits per heavy atom. The molecule has 0 amide bonds. The van der Waals surface area contributed by atoms with Crippen molar-refractivity contribution >= 4 is 535 Å². The lowest BCUT2D eigenvalue weighted by molar-refractivity contribution is -0.131. The van der Waals surface area contributed by atoms with Crippen molar-refractivity contribution in [1.29, 1.82) is 0 Å². The van der Waals surface area contributed by atoms with Crippen LogP contribution in [0.25, 0.3) is 0 Å². The second-order valence-electron chi connectivity index (χ2n) is 26.1. The Labute approximate surface area is 898 Å². The summed E-state index contributed by atoms with van der Waals surface area (Å²) in [5, 5.41) is 0. The maximum atomic E-state index is 13.7. The zero-order valence-corrected chi connectivity index (χ0v) is 141. The van der Waals surface area contributed by atoms with Crippen LogP contribution in [0.4, 0.5) is 13.2 Å². The SMILES string of the molecule is CO[SiH]=O.C[SiH](O[SiH2][Si](=O)[Si](=O)[Si](=O)[Si](=O)[Si](=O)[Si](=O)[Si](=O)[Si](=O)[Si](=O)[Si](=O)[Si](=O)[Si](=O)[Si](C)(CCC(F)(F)F)O[SiH2][Si](=O)[Si](=O)[Si](=O)[Si](=O)[Si](=O)[Si](=O)[Si](=O)[Si](=O)[Si](=O)[Si](=O)[Si](=O)[Si](=O)[Si](=O)[Si](=O)[Si](=O)[Si](=O)[Si](=O)[Si](=O)[Si](=O)[Si](=O)[Si](=O)[Si](=O)[Si](=O)[Si](=O)[Si](=O)[Si](=O)[Si](=O)[Si](=O)[Si](=O)[Si](=O)[Si](=O)[Si](=O)[Si](=O)[Si](=O)[Si](=O)[Si](=O)[Si](=O)[Si](=O)[Si](=O)[Si](=O)[Si](=O)[Si](=O)[Si](=O)[Si](=O)[Si](=O)[Si](=O)[Si](=O)[Si](C)(C)C)[SiH]=O.O=[Si]=O.O=[Si]=O. The first-order valence-electron chi connectivity index (χ1n) is 35.1. The quantitative estimate of drug-likeness (QED) is 0.0510. The van der Waals surface area contributed by atoms with Gasteiger partial charge in [0.15, 0.2) is 0 Å². The van der Waals surface area contributed by atoms with Gasteiger partial charge in [-0.2, -0.15) is 13.2 Å². The summed E-state index contributed by atoms with van der Waals surface area (Å²) in [6.45, 7) is 6.04. The Bertz CT molecular complexity index is 6830. The highest BCUT2D eigenvalue weighted by atomic mass is 30.2. The van der Waals surface area contributed by atoms with E-state index in [1.165, 1.54) is 33.3 Å². The van der Waals surface area contributed by atoms with Gasteiger partial charge in [0, 0.05) is 6.42 Å². The van der Waals surface area contributed by atoms with Crippen LogP contribution in [-0.4, -0.2) is 548 Å². The Morgan fingerprint density at radius 3 is 0.480 bits per heavy atom. The lowest BCUT2D eigenvalue weighted by Crippen LogP contribution is -2.60. The number of halogens is 3. The van der Waals surface area contributed by atoms with E-state index in [-0.39, 0.29) is 0 Å². The first-order chi connectivity index (χ1) is 67.4. The van der Waals surface area contributed by atoms with Crippen molar-refractivity contribution in [3.8, 4) is 0 Å². The first kappa shape index (κ1) is 155. The molecule has 0 aromatic carbocycles. The van der Waals surface area contributed by atoms with Gasteiger partial charge in [-0.1, -0.05) is 19.6 Å². The number of hydrogen-bond donors (Lipinski definition) is 0. The predicted molar refractivity (Wildman–Crippen MR) is 500 cm³/mol. The van der Waals surface area contributed by atoms with Crippen LogP contribution in [-0.2, 0) is 303 Å². The van der Waals surface area contributed by atoms with Crippen LogP contribution < -0.4 is 0 Å². The summed E-state index contributed by atoms with van der Waals surface area (Å²) in [6.07, 6.45) is -7.35. The van der Waals surface area contributed by atoms with Gasteiger partial charge < -0.3 is 285 Å². The average Bonchev–Trinajstić information content (AvgIpc) is 0.801. The van der Waals surface area contributed by atoms with Gasteiger partial charge in [0.1, 0.15) is 7.59 Å². The lowest BCUT2D eigenvalue weighted by atomic mass is 10.5. The van der Waals surface area contributed by atoms with E-state index >= 15 is 0 Å². The van der Waals surface area contributed by atoms with Gasteiger partial charge in [-0.15, -0.1) is 0 Å². The third kappa shape index (κ3) is 45.8. The zero-order valence-electron chi connectivity index (χ0n) is 71.5. The third-order valence-electron chi connectivity index (χ3n) is 15.2. The van der Waals surface area contributed by atoms with Crippen LogP contribution in [0.1, 0.15) is 6.42 Å². The van der Waals surface area contributed by atoms with Gasteiger partial charge in [0.2, 0.25) is 35.0 Å². The molecule has 0 aliphatic carbocycles. The molecule has 0 fully saturated rings. The van der Waals surface area contributed by atoms with Crippen molar-refractivity contribution in [2.45, 2.75) is 51.4 Å². The van der Waals surface area contributed by atoms with Crippen molar-refractivity contribution in [2.24, 2.45) is 0 Å². The monoisotopic (exact) mass is 3180 g/mol. The molecule has 0 radical (unpaired) electrons. The minimum Gasteiger partial charge on any atom is -0.529 e. The van der Waals surface area contributed by atoms with Gasteiger partial charge in [-0.25, -0.2) is 0 Å². The van der Waals surface area contributed by atoms with Gasteiger partial charge >= 0.3 is 490 Å². The molecule has 0 aromatic rings. The Hall–Kier alpha value is 1.26. The molecule has 0 aliphatic rings. The van der Waals surface area contributed by atoms with Crippen LogP contribution >= 0.6 is 0 Å². The minimum absolute atomic E-state index is 0.494. The van der Waals surface area contributed by atoms with Gasteiger partial charge in [-0.05, 0) is 19.1 Å². The maximum absolute atomic E-state index is 13.7. The molecule has 0 bridgehead atoms. The van der Waals surface area contributed by atoms with Crippen LogP contribution in [0.3, 0.4) is 0 Å². The Kier molecular flexibility index (Phi) is 76.4. The standard InChI is InChI=1S/C8H25F3O62Si65.CH4O2Si.2O2Si/c1-77(74-12)72-75-78(13)80(15)82(17)84(19)86(21)89(24)125(60)128(63)130(65)132(67)134(69)136(71)138(5,7-6-8(9,10)11)73-76-79(14)81(16)83(18)85(20)87(22)88(23)90(25)91(26)92(27)93(28)94(29)95(30)96(31)97(32)98(33)99(34)100(35)101(36)102(37)103(38)104(39)105(40)106(41)107(42)108(43)109(44)110(45)111(46)112(47)113(48)114(49)115(50)116(51)117(52)118(53)119(54)120(55)121(56)122(57)123(58)124(59)126(61)127(62)129(64)131(66)133(68)135(70)137(2,3)4;1-3-4-2;2*1-3-2/h74,77H,6-7,75-76H2,1-5H3;4H,1H3;;. The van der Waals surface area contributed by atoms with Crippen molar-refractivity contribution in [3.05, 3.63) is 0 Å². The summed E-state index contributed by atoms with van der Waals surface area (Å²) in [4.78, 5) is 0. The molecule has 148 heavy (non-hydrogen) atoms. The molecule has 139 heteroatoms. The molecular weight excluding hydrogens is 3160 g/mol. The van der Waals surface area contributed by atoms with E-state index in [0.29, 0.717) is 6.55 Å². The van der Waals surface area contributed by atoms with Crippen molar-refractivity contribution in [1.82, 2.24) is 0 Å². The van der Waals surface area contributed by atoms with Crippen LogP contribution in [0.2, 0.25) is 38.8 Å². The van der Waals surface area contributed by atoms with Gasteiger partial charge in [-0.3, -0.25) is 17.8 Å². The summed E-state index contributed by atoms with van der Waals surface area (Å²) in [5.74, 6) is 0. The Balaban J connectivity index is -0.00000990. The normalized spacial score (nSPS) is 10.8. The van der Waals surface area contributed by atoms with E-state index in [1.807, 2.05) is 0 Å². The fourth-order valence-electron chi connectivity index (χ4n) is 7.53. The molecule has 0 rings (SSSR count). The van der Waals surface area contributed by atoms with E-state index in [0.717, 1.165) is 0 Å². The summed E-state index contributed by atoms with van der Waals surface area (Å²) in [7, 11) is -299. The zero-order chi connectivity index (χ0) is 118. The second-order valence-corrected chi connectivity index (χ2v) is 344. The lowest BCUT2D eigenvalue weighted by Gasteiger charge is -2.24. The summed E-state index contributed by atoms with van der Waals surface area (Å²) < 4.78 is 872. The van der Waals surface area contributed by atoms with E-state index in [9.17, 15) is 281 Å². The fourth-order valence-corrected chi connectivity index (χ4v) is 754. The predicted octanol–water partition coefficient (Wildman–Crippen LogP) is -30.7.